The fourth-order valence-corrected chi connectivity index (χ4v) is 2.41. The van der Waals surface area contributed by atoms with E-state index in [1.165, 1.54) is 5.56 Å². The lowest BCUT2D eigenvalue weighted by molar-refractivity contribution is 0.289. The van der Waals surface area contributed by atoms with Gasteiger partial charge in [-0.3, -0.25) is 4.98 Å². The predicted molar refractivity (Wildman–Crippen MR) is 75.4 cm³/mol. The molecule has 2 heterocycles. The smallest absolute Gasteiger partial charge is 0.152 e. The van der Waals surface area contributed by atoms with E-state index in [9.17, 15) is 0 Å². The van der Waals surface area contributed by atoms with Crippen LogP contribution in [0.15, 0.2) is 30.6 Å². The summed E-state index contributed by atoms with van der Waals surface area (Å²) in [5.74, 6) is 1.78. The molecule has 0 atom stereocenters. The van der Waals surface area contributed by atoms with Crippen LogP contribution in [0.2, 0.25) is 0 Å². The van der Waals surface area contributed by atoms with Gasteiger partial charge < -0.3 is 10.1 Å². The Morgan fingerprint density at radius 1 is 1.26 bits per heavy atom. The number of aryl methyl sites for hydroxylation is 1. The standard InChI is InChI=1S/C15H17N3O/c1-2-16-15-13(17-8-9-18-15)12-7-3-5-11-6-4-10-19-14(11)12/h3,5,7-9H,2,4,6,10H2,1H3,(H,16,18). The third-order valence-electron chi connectivity index (χ3n) is 3.23. The monoisotopic (exact) mass is 255 g/mol. The van der Waals surface area contributed by atoms with E-state index < -0.39 is 0 Å². The fraction of sp³-hybridized carbons (Fsp3) is 0.333. The van der Waals surface area contributed by atoms with E-state index in [4.69, 9.17) is 4.74 Å². The molecule has 0 radical (unpaired) electrons. The Balaban J connectivity index is 2.12. The maximum absolute atomic E-state index is 5.85. The molecule has 0 saturated heterocycles. The third kappa shape index (κ3) is 2.26. The topological polar surface area (TPSA) is 47.0 Å². The van der Waals surface area contributed by atoms with Gasteiger partial charge in [-0.15, -0.1) is 0 Å². The van der Waals surface area contributed by atoms with Gasteiger partial charge in [-0.05, 0) is 31.4 Å². The van der Waals surface area contributed by atoms with Gasteiger partial charge in [0.05, 0.1) is 6.61 Å². The molecule has 19 heavy (non-hydrogen) atoms. The van der Waals surface area contributed by atoms with Crippen LogP contribution in [-0.4, -0.2) is 23.1 Å². The number of nitrogens with one attached hydrogen (secondary N) is 1. The van der Waals surface area contributed by atoms with Crippen LogP contribution < -0.4 is 10.1 Å². The highest BCUT2D eigenvalue weighted by Gasteiger charge is 2.18. The molecule has 2 aromatic rings. The largest absolute Gasteiger partial charge is 0.493 e. The summed E-state index contributed by atoms with van der Waals surface area (Å²) < 4.78 is 5.85. The van der Waals surface area contributed by atoms with Crippen molar-refractivity contribution < 1.29 is 4.74 Å². The van der Waals surface area contributed by atoms with E-state index in [-0.39, 0.29) is 0 Å². The molecule has 0 amide bonds. The van der Waals surface area contributed by atoms with Gasteiger partial charge in [0, 0.05) is 24.5 Å². The Labute approximate surface area is 112 Å². The van der Waals surface area contributed by atoms with E-state index >= 15 is 0 Å². The van der Waals surface area contributed by atoms with Crippen molar-refractivity contribution in [3.8, 4) is 17.0 Å². The van der Waals surface area contributed by atoms with E-state index in [0.29, 0.717) is 0 Å². The zero-order chi connectivity index (χ0) is 13.1. The summed E-state index contributed by atoms with van der Waals surface area (Å²) in [5, 5.41) is 3.25. The minimum Gasteiger partial charge on any atom is -0.493 e. The minimum absolute atomic E-state index is 0.779. The molecule has 1 aliphatic heterocycles. The van der Waals surface area contributed by atoms with Crippen molar-refractivity contribution in [3.63, 3.8) is 0 Å². The number of nitrogens with zero attached hydrogens (tertiary/aromatic N) is 2. The third-order valence-corrected chi connectivity index (χ3v) is 3.23. The highest BCUT2D eigenvalue weighted by Crippen LogP contribution is 2.37. The van der Waals surface area contributed by atoms with E-state index in [0.717, 1.165) is 48.8 Å². The van der Waals surface area contributed by atoms with Gasteiger partial charge in [-0.25, -0.2) is 4.98 Å². The number of anilines is 1. The number of benzene rings is 1. The first kappa shape index (κ1) is 12.0. The van der Waals surface area contributed by atoms with Crippen LogP contribution in [0.3, 0.4) is 0 Å². The van der Waals surface area contributed by atoms with Crippen molar-refractivity contribution in [1.29, 1.82) is 0 Å². The summed E-state index contributed by atoms with van der Waals surface area (Å²) in [6.45, 7) is 3.65. The molecule has 0 saturated carbocycles. The highest BCUT2D eigenvalue weighted by atomic mass is 16.5. The van der Waals surface area contributed by atoms with Crippen molar-refractivity contribution in [2.75, 3.05) is 18.5 Å². The van der Waals surface area contributed by atoms with Crippen molar-refractivity contribution in [2.24, 2.45) is 0 Å². The van der Waals surface area contributed by atoms with Gasteiger partial charge in [-0.1, -0.05) is 12.1 Å². The molecule has 3 rings (SSSR count). The summed E-state index contributed by atoms with van der Waals surface area (Å²) in [6.07, 6.45) is 5.58. The second-order valence-corrected chi connectivity index (χ2v) is 4.53. The quantitative estimate of drug-likeness (QED) is 0.916. The van der Waals surface area contributed by atoms with Crippen molar-refractivity contribution in [3.05, 3.63) is 36.2 Å². The lowest BCUT2D eigenvalue weighted by atomic mass is 10.0. The number of hydrogen-bond acceptors (Lipinski definition) is 4. The second-order valence-electron chi connectivity index (χ2n) is 4.53. The Hall–Kier alpha value is -2.10. The molecule has 1 aromatic carbocycles. The molecule has 1 aromatic heterocycles. The molecule has 0 spiro atoms. The summed E-state index contributed by atoms with van der Waals surface area (Å²) >= 11 is 0. The summed E-state index contributed by atoms with van der Waals surface area (Å²) in [4.78, 5) is 8.84. The first-order valence-corrected chi connectivity index (χ1v) is 6.70. The molecule has 0 fully saturated rings. The fourth-order valence-electron chi connectivity index (χ4n) is 2.41. The van der Waals surface area contributed by atoms with Crippen molar-refractivity contribution in [1.82, 2.24) is 9.97 Å². The Morgan fingerprint density at radius 3 is 3.05 bits per heavy atom. The van der Waals surface area contributed by atoms with Crippen LogP contribution in [0, 0.1) is 0 Å². The number of rotatable bonds is 3. The Kier molecular flexibility index (Phi) is 3.31. The number of fused-ring (bicyclic) bond motifs is 1. The summed E-state index contributed by atoms with van der Waals surface area (Å²) in [7, 11) is 0. The van der Waals surface area contributed by atoms with Gasteiger partial charge in [-0.2, -0.15) is 0 Å². The van der Waals surface area contributed by atoms with Gasteiger partial charge >= 0.3 is 0 Å². The number of aromatic nitrogens is 2. The van der Waals surface area contributed by atoms with E-state index in [1.807, 2.05) is 0 Å². The van der Waals surface area contributed by atoms with Crippen LogP contribution in [0.5, 0.6) is 5.75 Å². The van der Waals surface area contributed by atoms with Crippen LogP contribution in [0.1, 0.15) is 18.9 Å². The van der Waals surface area contributed by atoms with Gasteiger partial charge in [0.25, 0.3) is 0 Å². The number of ether oxygens (including phenoxy) is 1. The lowest BCUT2D eigenvalue weighted by Crippen LogP contribution is -2.10. The molecule has 4 nitrogen and oxygen atoms in total. The average Bonchev–Trinajstić information content (AvgIpc) is 2.48. The average molecular weight is 255 g/mol. The molecule has 1 N–H and O–H groups in total. The molecular weight excluding hydrogens is 238 g/mol. The predicted octanol–water partition coefficient (Wildman–Crippen LogP) is 2.90. The summed E-state index contributed by atoms with van der Waals surface area (Å²) in [6, 6.07) is 6.24. The Bertz CT molecular complexity index is 583. The minimum atomic E-state index is 0.779. The van der Waals surface area contributed by atoms with Crippen molar-refractivity contribution >= 4 is 5.82 Å². The molecular formula is C15H17N3O. The molecule has 1 aliphatic rings. The van der Waals surface area contributed by atoms with Crippen LogP contribution in [0.25, 0.3) is 11.3 Å². The molecule has 0 aliphatic carbocycles. The second kappa shape index (κ2) is 5.26. The van der Waals surface area contributed by atoms with Crippen LogP contribution >= 0.6 is 0 Å². The highest BCUT2D eigenvalue weighted by molar-refractivity contribution is 5.77. The zero-order valence-corrected chi connectivity index (χ0v) is 11.0. The maximum Gasteiger partial charge on any atom is 0.152 e. The Morgan fingerprint density at radius 2 is 2.16 bits per heavy atom. The van der Waals surface area contributed by atoms with Crippen LogP contribution in [0.4, 0.5) is 5.82 Å². The van der Waals surface area contributed by atoms with Gasteiger partial charge in [0.2, 0.25) is 0 Å². The number of para-hydroxylation sites is 1. The molecule has 98 valence electrons. The molecule has 4 heteroatoms. The van der Waals surface area contributed by atoms with E-state index in [1.54, 1.807) is 12.4 Å². The number of hydrogen-bond donors (Lipinski definition) is 1. The first-order valence-electron chi connectivity index (χ1n) is 6.70. The lowest BCUT2D eigenvalue weighted by Gasteiger charge is -2.20. The normalized spacial score (nSPS) is 13.5. The maximum atomic E-state index is 5.85. The van der Waals surface area contributed by atoms with Gasteiger partial charge in [0.1, 0.15) is 11.4 Å². The van der Waals surface area contributed by atoms with E-state index in [2.05, 4.69) is 40.4 Å². The molecule has 0 unspecified atom stereocenters. The van der Waals surface area contributed by atoms with Gasteiger partial charge in [0.15, 0.2) is 5.82 Å². The van der Waals surface area contributed by atoms with Crippen molar-refractivity contribution in [2.45, 2.75) is 19.8 Å². The summed E-state index contributed by atoms with van der Waals surface area (Å²) in [5.41, 5.74) is 3.15. The zero-order valence-electron chi connectivity index (χ0n) is 11.0. The first-order chi connectivity index (χ1) is 9.40. The SMILES string of the molecule is CCNc1nccnc1-c1cccc2c1OCCC2. The van der Waals surface area contributed by atoms with Crippen LogP contribution in [-0.2, 0) is 6.42 Å². The molecule has 0 bridgehead atoms.